The lowest BCUT2D eigenvalue weighted by molar-refractivity contribution is 0.312. The Morgan fingerprint density at radius 3 is 2.48 bits per heavy atom. The first kappa shape index (κ1) is 16.1. The molecule has 1 aliphatic carbocycles. The average Bonchev–Trinajstić information content (AvgIpc) is 2.53. The third-order valence-corrected chi connectivity index (χ3v) is 4.62. The molecule has 0 spiro atoms. The number of nitrogens with zero attached hydrogens (tertiary/aromatic N) is 1. The Hall–Kier alpha value is -1.24. The molecule has 1 aliphatic rings. The first-order valence-electron chi connectivity index (χ1n) is 8.16. The highest BCUT2D eigenvalue weighted by Crippen LogP contribution is 2.37. The highest BCUT2D eigenvalue weighted by atomic mass is 32.1. The van der Waals surface area contributed by atoms with Crippen LogP contribution in [0.25, 0.3) is 0 Å². The van der Waals surface area contributed by atoms with Crippen LogP contribution in [0.15, 0.2) is 41.4 Å². The van der Waals surface area contributed by atoms with Gasteiger partial charge in [0.1, 0.15) is 0 Å². The summed E-state index contributed by atoms with van der Waals surface area (Å²) >= 11 is 4.63. The van der Waals surface area contributed by atoms with Gasteiger partial charge in [0.05, 0.1) is 10.8 Å². The van der Waals surface area contributed by atoms with Crippen molar-refractivity contribution < 1.29 is 0 Å². The van der Waals surface area contributed by atoms with Gasteiger partial charge in [0, 0.05) is 0 Å². The first-order chi connectivity index (χ1) is 10.3. The molecule has 1 saturated carbocycles. The van der Waals surface area contributed by atoms with Crippen molar-refractivity contribution in [3.63, 3.8) is 0 Å². The summed E-state index contributed by atoms with van der Waals surface area (Å²) in [7, 11) is 0. The second kappa shape index (κ2) is 8.92. The summed E-state index contributed by atoms with van der Waals surface area (Å²) in [6.07, 6.45) is 13.8. The van der Waals surface area contributed by atoms with Gasteiger partial charge >= 0.3 is 0 Å². The van der Waals surface area contributed by atoms with Crippen molar-refractivity contribution in [1.29, 1.82) is 0 Å². The summed E-state index contributed by atoms with van der Waals surface area (Å²) in [4.78, 5) is 4.01. The third-order valence-electron chi connectivity index (χ3n) is 4.53. The van der Waals surface area contributed by atoms with E-state index in [1.807, 2.05) is 0 Å². The van der Waals surface area contributed by atoms with Crippen molar-refractivity contribution in [3.05, 3.63) is 42.0 Å². The quantitative estimate of drug-likeness (QED) is 0.334. The maximum atomic E-state index is 4.63. The van der Waals surface area contributed by atoms with E-state index in [0.717, 1.165) is 23.9 Å². The molecule has 1 aromatic carbocycles. The monoisotopic (exact) mass is 299 g/mol. The molecule has 0 amide bonds. The third kappa shape index (κ3) is 5.22. The average molecular weight is 299 g/mol. The summed E-state index contributed by atoms with van der Waals surface area (Å²) in [6, 6.07) is 8.52. The molecular formula is C19H25NS. The SMILES string of the molecule is CCC=CCCC1CCC(c2ccc(N=C=S)cc2)CC1. The van der Waals surface area contributed by atoms with Gasteiger partial charge in [-0.25, -0.2) is 0 Å². The van der Waals surface area contributed by atoms with Gasteiger partial charge in [-0.1, -0.05) is 31.2 Å². The Kier molecular flexibility index (Phi) is 6.85. The van der Waals surface area contributed by atoms with Crippen LogP contribution in [0.3, 0.4) is 0 Å². The molecule has 1 fully saturated rings. The van der Waals surface area contributed by atoms with Crippen LogP contribution in [0, 0.1) is 5.92 Å². The van der Waals surface area contributed by atoms with Crippen LogP contribution in [0.5, 0.6) is 0 Å². The summed E-state index contributed by atoms with van der Waals surface area (Å²) in [6.45, 7) is 2.20. The number of hydrogen-bond donors (Lipinski definition) is 0. The molecule has 0 heterocycles. The Morgan fingerprint density at radius 2 is 1.86 bits per heavy atom. The predicted molar refractivity (Wildman–Crippen MR) is 94.5 cm³/mol. The van der Waals surface area contributed by atoms with Crippen LogP contribution < -0.4 is 0 Å². The van der Waals surface area contributed by atoms with Gasteiger partial charge in [-0.3, -0.25) is 0 Å². The molecule has 1 aromatic rings. The highest BCUT2D eigenvalue weighted by molar-refractivity contribution is 7.78. The van der Waals surface area contributed by atoms with E-state index in [2.05, 4.69) is 65.7 Å². The van der Waals surface area contributed by atoms with Crippen LogP contribution in [-0.2, 0) is 0 Å². The first-order valence-corrected chi connectivity index (χ1v) is 8.57. The summed E-state index contributed by atoms with van der Waals surface area (Å²) in [5, 5.41) is 2.42. The summed E-state index contributed by atoms with van der Waals surface area (Å²) < 4.78 is 0. The molecule has 0 unspecified atom stereocenters. The van der Waals surface area contributed by atoms with Gasteiger partial charge < -0.3 is 0 Å². The van der Waals surface area contributed by atoms with E-state index in [1.165, 1.54) is 44.1 Å². The maximum absolute atomic E-state index is 4.63. The number of hydrogen-bond acceptors (Lipinski definition) is 2. The van der Waals surface area contributed by atoms with E-state index < -0.39 is 0 Å². The van der Waals surface area contributed by atoms with Crippen LogP contribution in [0.4, 0.5) is 5.69 Å². The maximum Gasteiger partial charge on any atom is 0.0739 e. The van der Waals surface area contributed by atoms with E-state index in [4.69, 9.17) is 0 Å². The number of allylic oxidation sites excluding steroid dienone is 2. The lowest BCUT2D eigenvalue weighted by atomic mass is 9.77. The fourth-order valence-corrected chi connectivity index (χ4v) is 3.38. The van der Waals surface area contributed by atoms with E-state index in [0.29, 0.717) is 0 Å². The van der Waals surface area contributed by atoms with Crippen LogP contribution in [0.1, 0.15) is 63.4 Å². The second-order valence-corrected chi connectivity index (χ2v) is 6.15. The number of benzene rings is 1. The lowest BCUT2D eigenvalue weighted by Crippen LogP contribution is -2.13. The van der Waals surface area contributed by atoms with Crippen molar-refractivity contribution >= 4 is 23.1 Å². The normalized spacial score (nSPS) is 22.1. The van der Waals surface area contributed by atoms with Crippen molar-refractivity contribution in [1.82, 2.24) is 0 Å². The largest absolute Gasteiger partial charge is 0.195 e. The predicted octanol–water partition coefficient (Wildman–Crippen LogP) is 6.44. The molecule has 0 radical (unpaired) electrons. The number of thiocarbonyl (C=S) groups is 1. The van der Waals surface area contributed by atoms with Gasteiger partial charge in [0.2, 0.25) is 0 Å². The van der Waals surface area contributed by atoms with Gasteiger partial charge in [0.25, 0.3) is 0 Å². The lowest BCUT2D eigenvalue weighted by Gasteiger charge is -2.28. The Labute approximate surface area is 134 Å². The van der Waals surface area contributed by atoms with Gasteiger partial charge in [0.15, 0.2) is 0 Å². The van der Waals surface area contributed by atoms with Gasteiger partial charge in [-0.05, 0) is 86.7 Å². The minimum Gasteiger partial charge on any atom is -0.195 e. The molecule has 0 aromatic heterocycles. The number of isothiocyanates is 1. The standard InChI is InChI=1S/C19H25NS/c1-2-3-4-5-6-16-7-9-17(10-8-16)18-11-13-19(14-12-18)20-15-21/h3-4,11-14,16-17H,2,5-10H2,1H3. The Morgan fingerprint density at radius 1 is 1.14 bits per heavy atom. The molecule has 112 valence electrons. The fraction of sp³-hybridized carbons (Fsp3) is 0.526. The number of aliphatic imine (C=N–C) groups is 1. The van der Waals surface area contributed by atoms with Gasteiger partial charge in [-0.15, -0.1) is 0 Å². The molecule has 2 heteroatoms. The second-order valence-electron chi connectivity index (χ2n) is 5.97. The van der Waals surface area contributed by atoms with Gasteiger partial charge in [-0.2, -0.15) is 4.99 Å². The minimum atomic E-state index is 0.734. The zero-order chi connectivity index (χ0) is 14.9. The van der Waals surface area contributed by atoms with E-state index in [1.54, 1.807) is 0 Å². The summed E-state index contributed by atoms with van der Waals surface area (Å²) in [5.74, 6) is 1.67. The minimum absolute atomic E-state index is 0.734. The van der Waals surface area contributed by atoms with Crippen LogP contribution in [-0.4, -0.2) is 5.16 Å². The molecule has 21 heavy (non-hydrogen) atoms. The Bertz CT molecular complexity index is 489. The topological polar surface area (TPSA) is 12.4 Å². The molecule has 0 N–H and O–H groups in total. The highest BCUT2D eigenvalue weighted by Gasteiger charge is 2.21. The van der Waals surface area contributed by atoms with Crippen molar-refractivity contribution in [2.24, 2.45) is 10.9 Å². The zero-order valence-electron chi connectivity index (χ0n) is 12.9. The van der Waals surface area contributed by atoms with Crippen molar-refractivity contribution in [2.75, 3.05) is 0 Å². The Balaban J connectivity index is 1.80. The van der Waals surface area contributed by atoms with Crippen LogP contribution >= 0.6 is 12.2 Å². The summed E-state index contributed by atoms with van der Waals surface area (Å²) in [5.41, 5.74) is 2.37. The smallest absolute Gasteiger partial charge is 0.0739 e. The van der Waals surface area contributed by atoms with E-state index in [9.17, 15) is 0 Å². The van der Waals surface area contributed by atoms with E-state index >= 15 is 0 Å². The molecule has 0 bridgehead atoms. The molecule has 0 saturated heterocycles. The van der Waals surface area contributed by atoms with Crippen LogP contribution in [0.2, 0.25) is 0 Å². The molecule has 1 nitrogen and oxygen atoms in total. The molecule has 0 aliphatic heterocycles. The molecule has 2 rings (SSSR count). The molecule has 0 atom stereocenters. The zero-order valence-corrected chi connectivity index (χ0v) is 13.7. The van der Waals surface area contributed by atoms with E-state index in [-0.39, 0.29) is 0 Å². The number of rotatable bonds is 6. The van der Waals surface area contributed by atoms with Crippen molar-refractivity contribution in [3.8, 4) is 0 Å². The van der Waals surface area contributed by atoms with Crippen molar-refractivity contribution in [2.45, 2.75) is 57.8 Å². The fourth-order valence-electron chi connectivity index (χ4n) is 3.27. The molecular weight excluding hydrogens is 274 g/mol.